The van der Waals surface area contributed by atoms with E-state index >= 15 is 0 Å². The van der Waals surface area contributed by atoms with Crippen LogP contribution in [-0.2, 0) is 19.4 Å². The minimum atomic E-state index is -0.487. The van der Waals surface area contributed by atoms with Crippen LogP contribution in [0.1, 0.15) is 22.5 Å². The molecular formula is C21H18ClFN6O. The molecule has 0 saturated heterocycles. The Morgan fingerprint density at radius 1 is 1.13 bits per heavy atom. The maximum absolute atomic E-state index is 13.4. The summed E-state index contributed by atoms with van der Waals surface area (Å²) in [6, 6.07) is 8.01. The topological polar surface area (TPSA) is 95.7 Å². The number of oxime groups is 1. The first kappa shape index (κ1) is 20.1. The van der Waals surface area contributed by atoms with Gasteiger partial charge in [-0.1, -0.05) is 22.8 Å². The summed E-state index contributed by atoms with van der Waals surface area (Å²) in [6.45, 7) is 1.10. The molecule has 1 aliphatic heterocycles. The molecule has 30 heavy (non-hydrogen) atoms. The van der Waals surface area contributed by atoms with E-state index in [0.29, 0.717) is 43.3 Å². The zero-order valence-electron chi connectivity index (χ0n) is 15.9. The lowest BCUT2D eigenvalue weighted by Gasteiger charge is -2.10. The number of aromatic nitrogens is 3. The highest BCUT2D eigenvalue weighted by molar-refractivity contribution is 6.30. The van der Waals surface area contributed by atoms with Gasteiger partial charge >= 0.3 is 0 Å². The van der Waals surface area contributed by atoms with Crippen molar-refractivity contribution in [3.63, 3.8) is 0 Å². The summed E-state index contributed by atoms with van der Waals surface area (Å²) in [4.78, 5) is 17.3. The third-order valence-corrected chi connectivity index (χ3v) is 4.99. The second-order valence-corrected chi connectivity index (χ2v) is 7.16. The molecule has 3 aromatic rings. The number of rotatable bonds is 7. The van der Waals surface area contributed by atoms with Crippen molar-refractivity contribution in [1.82, 2.24) is 20.3 Å². The Kier molecular flexibility index (Phi) is 6.06. The van der Waals surface area contributed by atoms with Crippen molar-refractivity contribution < 1.29 is 9.60 Å². The van der Waals surface area contributed by atoms with E-state index in [4.69, 9.17) is 11.6 Å². The molecule has 0 unspecified atom stereocenters. The Balaban J connectivity index is 1.46. The number of aliphatic imine (C=N–C) groups is 1. The summed E-state index contributed by atoms with van der Waals surface area (Å²) in [7, 11) is 0. The van der Waals surface area contributed by atoms with Gasteiger partial charge in [0.05, 0.1) is 17.3 Å². The van der Waals surface area contributed by atoms with E-state index in [1.165, 1.54) is 12.1 Å². The van der Waals surface area contributed by atoms with Crippen molar-refractivity contribution in [3.05, 3.63) is 82.3 Å². The van der Waals surface area contributed by atoms with Gasteiger partial charge in [0.1, 0.15) is 11.6 Å². The van der Waals surface area contributed by atoms with Crippen molar-refractivity contribution in [2.75, 3.05) is 6.54 Å². The van der Waals surface area contributed by atoms with Crippen molar-refractivity contribution in [2.24, 2.45) is 10.1 Å². The van der Waals surface area contributed by atoms with Gasteiger partial charge in [-0.3, -0.25) is 0 Å². The molecule has 0 fully saturated rings. The lowest BCUT2D eigenvalue weighted by molar-refractivity contribution is 0.318. The Morgan fingerprint density at radius 3 is 2.73 bits per heavy atom. The van der Waals surface area contributed by atoms with Gasteiger partial charge in [-0.15, -0.1) is 0 Å². The third kappa shape index (κ3) is 4.50. The molecule has 0 radical (unpaired) electrons. The van der Waals surface area contributed by atoms with Crippen LogP contribution in [0.3, 0.4) is 0 Å². The highest BCUT2D eigenvalue weighted by atomic mass is 35.5. The fraction of sp³-hybridized carbons (Fsp3) is 0.190. The predicted octanol–water partition coefficient (Wildman–Crippen LogP) is 3.50. The number of hydrogen-bond donors (Lipinski definition) is 2. The average Bonchev–Trinajstić information content (AvgIpc) is 3.18. The summed E-state index contributed by atoms with van der Waals surface area (Å²) in [5.74, 6) is 0.831. The minimum Gasteiger partial charge on any atom is -0.411 e. The predicted molar refractivity (Wildman–Crippen MR) is 112 cm³/mol. The van der Waals surface area contributed by atoms with E-state index in [0.717, 1.165) is 22.4 Å². The lowest BCUT2D eigenvalue weighted by Crippen LogP contribution is -2.23. The van der Waals surface area contributed by atoms with E-state index in [1.54, 1.807) is 36.8 Å². The first-order valence-corrected chi connectivity index (χ1v) is 9.68. The van der Waals surface area contributed by atoms with Gasteiger partial charge in [0.15, 0.2) is 5.82 Å². The smallest absolute Gasteiger partial charge is 0.156 e. The largest absolute Gasteiger partial charge is 0.411 e. The Bertz CT molecular complexity index is 1120. The van der Waals surface area contributed by atoms with E-state index in [2.05, 4.69) is 30.4 Å². The number of benzene rings is 1. The molecule has 152 valence electrons. The summed E-state index contributed by atoms with van der Waals surface area (Å²) < 4.78 is 13.4. The van der Waals surface area contributed by atoms with Crippen LogP contribution in [0.4, 0.5) is 10.2 Å². The molecule has 1 aliphatic rings. The summed E-state index contributed by atoms with van der Waals surface area (Å²) in [5, 5.41) is 16.4. The summed E-state index contributed by atoms with van der Waals surface area (Å²) in [5.41, 5.74) is 3.75. The molecule has 3 heterocycles. The van der Waals surface area contributed by atoms with Gasteiger partial charge < -0.3 is 10.5 Å². The Morgan fingerprint density at radius 2 is 1.97 bits per heavy atom. The van der Waals surface area contributed by atoms with Crippen molar-refractivity contribution >= 4 is 28.8 Å². The standard InChI is InChI=1S/C21H18ClFN6O/c22-17-8-13(2-3-18(17)23)9-19(29-30)15-4-7-27-21-16(15)10-14(28-21)11-24-12-20-25-5-1-6-26-20/h1-8,24,30H,9-12H2/b29-19+. The van der Waals surface area contributed by atoms with Crippen molar-refractivity contribution in [3.8, 4) is 0 Å². The molecule has 0 spiro atoms. The minimum absolute atomic E-state index is 0.0313. The molecular weight excluding hydrogens is 407 g/mol. The molecule has 2 aromatic heterocycles. The van der Waals surface area contributed by atoms with E-state index in [1.807, 2.05) is 0 Å². The van der Waals surface area contributed by atoms with Crippen molar-refractivity contribution in [2.45, 2.75) is 19.4 Å². The third-order valence-electron chi connectivity index (χ3n) is 4.70. The zero-order valence-corrected chi connectivity index (χ0v) is 16.6. The van der Waals surface area contributed by atoms with Gasteiger partial charge in [0.2, 0.25) is 0 Å². The average molecular weight is 425 g/mol. The van der Waals surface area contributed by atoms with Crippen LogP contribution in [0, 0.1) is 5.82 Å². The first-order chi connectivity index (χ1) is 14.6. The summed E-state index contributed by atoms with van der Waals surface area (Å²) in [6.07, 6.45) is 5.92. The molecule has 0 aliphatic carbocycles. The fourth-order valence-corrected chi connectivity index (χ4v) is 3.49. The maximum Gasteiger partial charge on any atom is 0.156 e. The summed E-state index contributed by atoms with van der Waals surface area (Å²) >= 11 is 5.87. The molecule has 0 bridgehead atoms. The van der Waals surface area contributed by atoms with Gasteiger partial charge in [0, 0.05) is 54.8 Å². The quantitative estimate of drug-likeness (QED) is 0.344. The highest BCUT2D eigenvalue weighted by Crippen LogP contribution is 2.28. The lowest BCUT2D eigenvalue weighted by atomic mass is 9.97. The van der Waals surface area contributed by atoms with Gasteiger partial charge in [0.25, 0.3) is 0 Å². The highest BCUT2D eigenvalue weighted by Gasteiger charge is 2.22. The van der Waals surface area contributed by atoms with E-state index < -0.39 is 5.82 Å². The normalized spacial score (nSPS) is 13.3. The van der Waals surface area contributed by atoms with Crippen LogP contribution >= 0.6 is 11.6 Å². The zero-order chi connectivity index (χ0) is 20.9. The van der Waals surface area contributed by atoms with Crippen LogP contribution in [0.5, 0.6) is 0 Å². The monoisotopic (exact) mass is 424 g/mol. The molecule has 0 atom stereocenters. The fourth-order valence-electron chi connectivity index (χ4n) is 3.28. The molecule has 7 nitrogen and oxygen atoms in total. The second kappa shape index (κ2) is 9.06. The van der Waals surface area contributed by atoms with Gasteiger partial charge in [-0.05, 0) is 29.8 Å². The SMILES string of the molecule is O/N=C(\Cc1ccc(F)c(Cl)c1)c1ccnc2c1CC(CNCc1ncccn1)=N2. The van der Waals surface area contributed by atoms with Crippen LogP contribution in [0.15, 0.2) is 59.1 Å². The first-order valence-electron chi connectivity index (χ1n) is 9.30. The van der Waals surface area contributed by atoms with Gasteiger partial charge in [-0.2, -0.15) is 0 Å². The molecule has 0 amide bonds. The molecule has 4 rings (SSSR count). The molecule has 1 aromatic carbocycles. The van der Waals surface area contributed by atoms with Gasteiger partial charge in [-0.25, -0.2) is 24.3 Å². The second-order valence-electron chi connectivity index (χ2n) is 6.76. The Labute approximate surface area is 177 Å². The number of halogens is 2. The maximum atomic E-state index is 13.4. The number of hydrogen-bond acceptors (Lipinski definition) is 7. The number of fused-ring (bicyclic) bond motifs is 1. The molecule has 0 saturated carbocycles. The number of nitrogens with one attached hydrogen (secondary N) is 1. The van der Waals surface area contributed by atoms with Crippen LogP contribution in [0.25, 0.3) is 0 Å². The van der Waals surface area contributed by atoms with Crippen LogP contribution in [-0.4, -0.2) is 38.1 Å². The Hall–Kier alpha value is -3.23. The van der Waals surface area contributed by atoms with Crippen molar-refractivity contribution in [1.29, 1.82) is 0 Å². The van der Waals surface area contributed by atoms with Crippen LogP contribution < -0.4 is 5.32 Å². The molecule has 9 heteroatoms. The number of pyridine rings is 1. The van der Waals surface area contributed by atoms with E-state index in [9.17, 15) is 9.60 Å². The van der Waals surface area contributed by atoms with E-state index in [-0.39, 0.29) is 5.02 Å². The molecule has 2 N–H and O–H groups in total. The number of nitrogens with zero attached hydrogens (tertiary/aromatic N) is 5. The van der Waals surface area contributed by atoms with Crippen LogP contribution in [0.2, 0.25) is 5.02 Å².